The zero-order chi connectivity index (χ0) is 12.4. The maximum atomic E-state index is 5.04. The molecule has 0 aliphatic heterocycles. The minimum absolute atomic E-state index is 0.00654. The van der Waals surface area contributed by atoms with Gasteiger partial charge in [-0.15, -0.1) is 0 Å². The molecule has 1 unspecified atom stereocenters. The third-order valence-corrected chi connectivity index (χ3v) is 6.47. The molecular formula is C9H27N4P2+. The first-order valence-corrected chi connectivity index (χ1v) is 7.37. The van der Waals surface area contributed by atoms with Crippen LogP contribution in [0.4, 0.5) is 0 Å². The average molecular weight is 253 g/mol. The third-order valence-electron chi connectivity index (χ3n) is 2.01. The first-order chi connectivity index (χ1) is 6.54. The van der Waals surface area contributed by atoms with Gasteiger partial charge in [-0.1, -0.05) is 0 Å². The van der Waals surface area contributed by atoms with E-state index < -0.39 is 7.51 Å². The second-order valence-electron chi connectivity index (χ2n) is 4.99. The highest BCUT2D eigenvalue weighted by atomic mass is 31.2. The topological polar surface area (TPSA) is 22.1 Å². The van der Waals surface area contributed by atoms with E-state index in [1.807, 2.05) is 9.24 Å². The minimum Gasteiger partial charge on any atom is -0.252 e. The zero-order valence-corrected chi connectivity index (χ0v) is 13.8. The SMILES string of the molecule is CN(C)P(=NC(C)(C)[PH3+])(N(C)C)N(C)C. The van der Waals surface area contributed by atoms with Crippen LogP contribution in [0.5, 0.6) is 0 Å². The van der Waals surface area contributed by atoms with E-state index in [1.165, 1.54) is 0 Å². The molecule has 0 aliphatic carbocycles. The van der Waals surface area contributed by atoms with Crippen LogP contribution < -0.4 is 0 Å². The van der Waals surface area contributed by atoms with Crippen LogP contribution >= 0.6 is 16.7 Å². The van der Waals surface area contributed by atoms with Gasteiger partial charge in [0.2, 0.25) is 0 Å². The standard InChI is InChI=1S/C9H26N4P2/c1-9(2,14)10-15(11(3)4,12(5)6)13(7)8/h14H2,1-8H3/p+1. The first kappa shape index (κ1) is 15.5. The lowest BCUT2D eigenvalue weighted by molar-refractivity contribution is 0.465. The van der Waals surface area contributed by atoms with Crippen molar-refractivity contribution >= 4 is 16.7 Å². The molecule has 1 atom stereocenters. The summed E-state index contributed by atoms with van der Waals surface area (Å²) in [4.78, 5) is 0. The van der Waals surface area contributed by atoms with Crippen LogP contribution in [0.2, 0.25) is 0 Å². The summed E-state index contributed by atoms with van der Waals surface area (Å²) >= 11 is 0. The number of hydrogen-bond donors (Lipinski definition) is 0. The second-order valence-corrected chi connectivity index (χ2v) is 10.4. The molecule has 92 valence electrons. The van der Waals surface area contributed by atoms with E-state index in [0.29, 0.717) is 0 Å². The van der Waals surface area contributed by atoms with Crippen molar-refractivity contribution in [3.8, 4) is 0 Å². The van der Waals surface area contributed by atoms with Gasteiger partial charge >= 0.3 is 0 Å². The molecule has 0 aromatic heterocycles. The summed E-state index contributed by atoms with van der Waals surface area (Å²) in [5.74, 6) is 0. The summed E-state index contributed by atoms with van der Waals surface area (Å²) in [6.07, 6.45) is 0. The highest BCUT2D eigenvalue weighted by Gasteiger charge is 2.32. The van der Waals surface area contributed by atoms with Crippen molar-refractivity contribution in [2.75, 3.05) is 42.3 Å². The van der Waals surface area contributed by atoms with E-state index in [2.05, 4.69) is 70.1 Å². The van der Waals surface area contributed by atoms with Crippen molar-refractivity contribution in [3.63, 3.8) is 0 Å². The smallest absolute Gasteiger partial charge is 0.170 e. The van der Waals surface area contributed by atoms with Crippen LogP contribution in [-0.4, -0.2) is 61.6 Å². The third kappa shape index (κ3) is 3.80. The van der Waals surface area contributed by atoms with Crippen molar-refractivity contribution in [2.45, 2.75) is 19.1 Å². The molecule has 15 heavy (non-hydrogen) atoms. The number of nitrogens with zero attached hydrogens (tertiary/aromatic N) is 4. The van der Waals surface area contributed by atoms with Gasteiger partial charge in [0.05, 0.1) is 0 Å². The lowest BCUT2D eigenvalue weighted by Gasteiger charge is -2.42. The van der Waals surface area contributed by atoms with Gasteiger partial charge in [0.25, 0.3) is 0 Å². The molecule has 0 bridgehead atoms. The highest BCUT2D eigenvalue weighted by Crippen LogP contribution is 2.57. The molecule has 0 fully saturated rings. The molecule has 0 saturated carbocycles. The molecule has 0 aromatic rings. The van der Waals surface area contributed by atoms with E-state index >= 15 is 0 Å². The van der Waals surface area contributed by atoms with Gasteiger partial charge in [0, 0.05) is 9.24 Å². The molecule has 0 saturated heterocycles. The van der Waals surface area contributed by atoms with Gasteiger partial charge in [0.15, 0.2) is 12.8 Å². The van der Waals surface area contributed by atoms with E-state index in [1.54, 1.807) is 0 Å². The number of hydrogen-bond acceptors (Lipinski definition) is 1. The Morgan fingerprint density at radius 3 is 1.20 bits per heavy atom. The molecule has 0 amide bonds. The van der Waals surface area contributed by atoms with Crippen LogP contribution in [0.1, 0.15) is 13.8 Å². The Bertz CT molecular complexity index is 225. The molecule has 6 heteroatoms. The van der Waals surface area contributed by atoms with E-state index in [-0.39, 0.29) is 5.28 Å². The summed E-state index contributed by atoms with van der Waals surface area (Å²) in [6, 6.07) is 0. The van der Waals surface area contributed by atoms with Crippen molar-refractivity contribution in [1.29, 1.82) is 0 Å². The molecule has 0 rings (SSSR count). The predicted molar refractivity (Wildman–Crippen MR) is 75.6 cm³/mol. The molecule has 4 nitrogen and oxygen atoms in total. The van der Waals surface area contributed by atoms with E-state index in [4.69, 9.17) is 4.74 Å². The Morgan fingerprint density at radius 1 is 0.867 bits per heavy atom. The fourth-order valence-electron chi connectivity index (χ4n) is 1.70. The summed E-state index contributed by atoms with van der Waals surface area (Å²) in [7, 11) is 12.9. The monoisotopic (exact) mass is 253 g/mol. The zero-order valence-electron chi connectivity index (χ0n) is 11.4. The summed E-state index contributed by atoms with van der Waals surface area (Å²) in [5.41, 5.74) is 0. The fourth-order valence-corrected chi connectivity index (χ4v) is 5.68. The Labute approximate surface area is 97.4 Å². The fraction of sp³-hybridized carbons (Fsp3) is 1.00. The van der Waals surface area contributed by atoms with Gasteiger partial charge in [-0.05, 0) is 56.1 Å². The summed E-state index contributed by atoms with van der Waals surface area (Å²) < 4.78 is 11.8. The van der Waals surface area contributed by atoms with Crippen LogP contribution in [-0.2, 0) is 0 Å². The molecule has 0 aliphatic rings. The van der Waals surface area contributed by atoms with Crippen molar-refractivity contribution in [3.05, 3.63) is 0 Å². The van der Waals surface area contributed by atoms with Crippen molar-refractivity contribution in [2.24, 2.45) is 4.74 Å². The maximum absolute atomic E-state index is 5.04. The van der Waals surface area contributed by atoms with Gasteiger partial charge in [0.1, 0.15) is 0 Å². The minimum atomic E-state index is -1.70. The van der Waals surface area contributed by atoms with Gasteiger partial charge in [-0.3, -0.25) is 14.0 Å². The lowest BCUT2D eigenvalue weighted by Crippen LogP contribution is -2.32. The van der Waals surface area contributed by atoms with Crippen LogP contribution in [0.25, 0.3) is 0 Å². The molecule has 0 N–H and O–H groups in total. The van der Waals surface area contributed by atoms with Gasteiger partial charge < -0.3 is 0 Å². The van der Waals surface area contributed by atoms with Crippen LogP contribution in [0.15, 0.2) is 4.74 Å². The first-order valence-electron chi connectivity index (χ1n) is 5.06. The molecule has 0 aromatic carbocycles. The molecule has 0 heterocycles. The molecular weight excluding hydrogens is 226 g/mol. The van der Waals surface area contributed by atoms with E-state index in [9.17, 15) is 0 Å². The second kappa shape index (κ2) is 5.25. The Morgan fingerprint density at radius 2 is 1.13 bits per heavy atom. The maximum Gasteiger partial charge on any atom is 0.170 e. The molecule has 0 spiro atoms. The van der Waals surface area contributed by atoms with Crippen LogP contribution in [0, 0.1) is 0 Å². The van der Waals surface area contributed by atoms with Gasteiger partial charge in [-0.25, -0.2) is 4.74 Å². The Balaban J connectivity index is 5.65. The Kier molecular flexibility index (Phi) is 5.44. The van der Waals surface area contributed by atoms with Crippen molar-refractivity contribution in [1.82, 2.24) is 14.0 Å². The van der Waals surface area contributed by atoms with E-state index in [0.717, 1.165) is 0 Å². The average Bonchev–Trinajstić information content (AvgIpc) is 1.96. The predicted octanol–water partition coefficient (Wildman–Crippen LogP) is 1.96. The largest absolute Gasteiger partial charge is 0.252 e. The highest BCUT2D eigenvalue weighted by molar-refractivity contribution is 7.59. The van der Waals surface area contributed by atoms with Crippen LogP contribution in [0.3, 0.4) is 0 Å². The molecule has 0 radical (unpaired) electrons. The van der Waals surface area contributed by atoms with Gasteiger partial charge in [-0.2, -0.15) is 0 Å². The van der Waals surface area contributed by atoms with Crippen molar-refractivity contribution < 1.29 is 0 Å². The lowest BCUT2D eigenvalue weighted by atomic mass is 10.4. The Hall–Kier alpha value is 0.540. The normalized spacial score (nSPS) is 14.3. The summed E-state index contributed by atoms with van der Waals surface area (Å²) in [6.45, 7) is 4.33. The summed E-state index contributed by atoms with van der Waals surface area (Å²) in [5, 5.41) is 0.00654. The number of rotatable bonds is 4. The quantitative estimate of drug-likeness (QED) is 0.715.